The minimum atomic E-state index is -0.646. The summed E-state index contributed by atoms with van der Waals surface area (Å²) < 4.78 is 11.0. The van der Waals surface area contributed by atoms with E-state index in [1.807, 2.05) is 20.8 Å². The third kappa shape index (κ3) is 1.24. The molecule has 0 saturated carbocycles. The van der Waals surface area contributed by atoms with E-state index in [9.17, 15) is 15.0 Å². The predicted octanol–water partition coefficient (Wildman–Crippen LogP) is 2.84. The first-order valence-electron chi connectivity index (χ1n) is 6.78. The molecule has 2 aliphatic rings. The highest BCUT2D eigenvalue weighted by atomic mass is 16.5. The number of benzene rings is 2. The van der Waals surface area contributed by atoms with Crippen LogP contribution in [-0.2, 0) is 5.41 Å². The van der Waals surface area contributed by atoms with Gasteiger partial charge in [0.1, 0.15) is 23.2 Å². The summed E-state index contributed by atoms with van der Waals surface area (Å²) in [5, 5.41) is 21.5. The molecule has 2 N–H and O–H groups in total. The van der Waals surface area contributed by atoms with E-state index in [-0.39, 0.29) is 28.9 Å². The average Bonchev–Trinajstić information content (AvgIpc) is 2.86. The number of esters is 1. The Labute approximate surface area is 120 Å². The van der Waals surface area contributed by atoms with Crippen LogP contribution in [-0.4, -0.2) is 22.3 Å². The molecule has 2 aliphatic heterocycles. The molecule has 0 fully saturated rings. The van der Waals surface area contributed by atoms with Crippen LogP contribution in [0.25, 0.3) is 10.8 Å². The van der Waals surface area contributed by atoms with Gasteiger partial charge in [-0.25, -0.2) is 4.79 Å². The summed E-state index contributed by atoms with van der Waals surface area (Å²) in [5.41, 5.74) is 0.304. The molecular formula is C16H14O5. The lowest BCUT2D eigenvalue weighted by Crippen LogP contribution is -2.29. The Balaban J connectivity index is 2.24. The van der Waals surface area contributed by atoms with Crippen LogP contribution in [0.4, 0.5) is 0 Å². The van der Waals surface area contributed by atoms with Gasteiger partial charge in [-0.1, -0.05) is 13.8 Å². The molecule has 2 aromatic rings. The van der Waals surface area contributed by atoms with E-state index in [0.29, 0.717) is 22.1 Å². The van der Waals surface area contributed by atoms with Gasteiger partial charge in [-0.2, -0.15) is 0 Å². The van der Waals surface area contributed by atoms with Crippen LogP contribution in [0.2, 0.25) is 0 Å². The Morgan fingerprint density at radius 2 is 1.90 bits per heavy atom. The summed E-state index contributed by atoms with van der Waals surface area (Å²) in [6, 6.07) is 3.16. The van der Waals surface area contributed by atoms with Crippen LogP contribution in [0.15, 0.2) is 12.1 Å². The zero-order valence-electron chi connectivity index (χ0n) is 11.9. The summed E-state index contributed by atoms with van der Waals surface area (Å²) >= 11 is 0. The van der Waals surface area contributed by atoms with Crippen molar-refractivity contribution in [1.82, 2.24) is 0 Å². The molecule has 21 heavy (non-hydrogen) atoms. The van der Waals surface area contributed by atoms with Crippen LogP contribution in [0, 0.1) is 0 Å². The molecule has 5 nitrogen and oxygen atoms in total. The Bertz CT molecular complexity index is 835. The van der Waals surface area contributed by atoms with Gasteiger partial charge in [-0.05, 0) is 19.1 Å². The van der Waals surface area contributed by atoms with E-state index in [1.165, 1.54) is 6.07 Å². The van der Waals surface area contributed by atoms with Crippen molar-refractivity contribution < 1.29 is 24.5 Å². The Hall–Kier alpha value is -2.43. The summed E-state index contributed by atoms with van der Waals surface area (Å²) in [6.07, 6.45) is -0.135. The molecule has 0 bridgehead atoms. The molecule has 0 amide bonds. The second-order valence-corrected chi connectivity index (χ2v) is 6.14. The highest BCUT2D eigenvalue weighted by Gasteiger charge is 2.46. The molecule has 108 valence electrons. The lowest BCUT2D eigenvalue weighted by molar-refractivity contribution is 0.0747. The molecule has 0 aromatic heterocycles. The molecule has 2 heterocycles. The van der Waals surface area contributed by atoms with Crippen molar-refractivity contribution in [2.75, 3.05) is 0 Å². The van der Waals surface area contributed by atoms with E-state index in [2.05, 4.69) is 0 Å². The van der Waals surface area contributed by atoms with Crippen molar-refractivity contribution in [2.24, 2.45) is 0 Å². The molecule has 5 heteroatoms. The van der Waals surface area contributed by atoms with Crippen LogP contribution >= 0.6 is 0 Å². The lowest BCUT2D eigenvalue weighted by Gasteiger charge is -2.22. The number of fused-ring (bicyclic) bond motifs is 2. The van der Waals surface area contributed by atoms with Crippen LogP contribution in [0.1, 0.15) is 36.7 Å². The molecule has 0 radical (unpaired) electrons. The standard InChI is InChI=1S/C16H14O5/c1-6-16(2,3)11-12(18)10-9-7(13(11)20-6)4-5-8(17)14(9)21-15(10)19/h4-6,17-18H,1-3H3/t6-/m1/s1. The predicted molar refractivity (Wildman–Crippen MR) is 75.4 cm³/mol. The molecule has 0 saturated heterocycles. The first-order chi connectivity index (χ1) is 9.84. The van der Waals surface area contributed by atoms with Gasteiger partial charge in [0.2, 0.25) is 0 Å². The maximum Gasteiger partial charge on any atom is 0.348 e. The van der Waals surface area contributed by atoms with Crippen molar-refractivity contribution in [3.63, 3.8) is 0 Å². The summed E-state index contributed by atoms with van der Waals surface area (Å²) in [6.45, 7) is 5.85. The highest BCUT2D eigenvalue weighted by Crippen LogP contribution is 2.57. The minimum absolute atomic E-state index is 0.0894. The van der Waals surface area contributed by atoms with Crippen molar-refractivity contribution in [2.45, 2.75) is 32.3 Å². The third-order valence-electron chi connectivity index (χ3n) is 4.69. The topological polar surface area (TPSA) is 76.0 Å². The molecule has 0 aliphatic carbocycles. The molecule has 4 rings (SSSR count). The number of carbonyl (C=O) groups is 1. The van der Waals surface area contributed by atoms with Gasteiger partial charge in [0.15, 0.2) is 11.5 Å². The van der Waals surface area contributed by atoms with Gasteiger partial charge in [0.05, 0.1) is 5.39 Å². The normalized spacial score (nSPS) is 21.3. The van der Waals surface area contributed by atoms with Crippen molar-refractivity contribution in [3.05, 3.63) is 23.3 Å². The number of aromatic hydroxyl groups is 2. The summed E-state index contributed by atoms with van der Waals surface area (Å²) in [5.74, 6) is -0.234. The fraction of sp³-hybridized carbons (Fsp3) is 0.312. The number of hydrogen-bond donors (Lipinski definition) is 2. The van der Waals surface area contributed by atoms with Gasteiger partial charge < -0.3 is 19.7 Å². The fourth-order valence-corrected chi connectivity index (χ4v) is 3.19. The lowest BCUT2D eigenvalue weighted by atomic mass is 9.79. The van der Waals surface area contributed by atoms with E-state index in [1.54, 1.807) is 6.07 Å². The maximum atomic E-state index is 12.1. The first kappa shape index (κ1) is 12.3. The SMILES string of the molecule is C[C@H]1Oc2c(c(O)c3c4c(c(O)ccc24)OC3=O)C1(C)C. The van der Waals surface area contributed by atoms with E-state index < -0.39 is 11.4 Å². The van der Waals surface area contributed by atoms with Crippen molar-refractivity contribution in [1.29, 1.82) is 0 Å². The quantitative estimate of drug-likeness (QED) is 0.575. The van der Waals surface area contributed by atoms with Gasteiger partial charge >= 0.3 is 5.97 Å². The fourth-order valence-electron chi connectivity index (χ4n) is 3.19. The molecule has 0 spiro atoms. The Morgan fingerprint density at radius 1 is 1.19 bits per heavy atom. The van der Waals surface area contributed by atoms with E-state index in [4.69, 9.17) is 9.47 Å². The molecule has 0 unspecified atom stereocenters. The minimum Gasteiger partial charge on any atom is -0.507 e. The largest absolute Gasteiger partial charge is 0.507 e. The number of phenols is 2. The summed E-state index contributed by atoms with van der Waals surface area (Å²) in [7, 11) is 0. The molecule has 1 atom stereocenters. The molecular weight excluding hydrogens is 272 g/mol. The number of rotatable bonds is 0. The number of carbonyl (C=O) groups excluding carboxylic acids is 1. The van der Waals surface area contributed by atoms with Gasteiger partial charge in [-0.15, -0.1) is 0 Å². The summed E-state index contributed by atoms with van der Waals surface area (Å²) in [4.78, 5) is 12.1. The highest BCUT2D eigenvalue weighted by molar-refractivity contribution is 6.18. The van der Waals surface area contributed by atoms with Crippen molar-refractivity contribution in [3.8, 4) is 23.0 Å². The monoisotopic (exact) mass is 286 g/mol. The number of hydrogen-bond acceptors (Lipinski definition) is 5. The third-order valence-corrected chi connectivity index (χ3v) is 4.69. The average molecular weight is 286 g/mol. The zero-order valence-corrected chi connectivity index (χ0v) is 11.9. The van der Waals surface area contributed by atoms with Gasteiger partial charge in [-0.3, -0.25) is 0 Å². The second-order valence-electron chi connectivity index (χ2n) is 6.14. The van der Waals surface area contributed by atoms with E-state index >= 15 is 0 Å². The Kier molecular flexibility index (Phi) is 2.01. The second kappa shape index (κ2) is 3.42. The van der Waals surface area contributed by atoms with Crippen molar-refractivity contribution >= 4 is 16.7 Å². The molecule has 2 aromatic carbocycles. The zero-order chi connectivity index (χ0) is 15.1. The van der Waals surface area contributed by atoms with Crippen LogP contribution in [0.5, 0.6) is 23.0 Å². The maximum absolute atomic E-state index is 12.1. The first-order valence-corrected chi connectivity index (χ1v) is 6.78. The van der Waals surface area contributed by atoms with Crippen LogP contribution in [0.3, 0.4) is 0 Å². The number of ether oxygens (including phenoxy) is 2. The van der Waals surface area contributed by atoms with E-state index in [0.717, 1.165) is 0 Å². The number of phenolic OH excluding ortho intramolecular Hbond substituents is 2. The van der Waals surface area contributed by atoms with Gasteiger partial charge in [0.25, 0.3) is 0 Å². The smallest absolute Gasteiger partial charge is 0.348 e. The Morgan fingerprint density at radius 3 is 2.62 bits per heavy atom. The van der Waals surface area contributed by atoms with Crippen LogP contribution < -0.4 is 9.47 Å². The van der Waals surface area contributed by atoms with Gasteiger partial charge in [0, 0.05) is 16.4 Å².